The summed E-state index contributed by atoms with van der Waals surface area (Å²) in [7, 11) is 0. The number of halogens is 3. The van der Waals surface area contributed by atoms with Crippen molar-refractivity contribution in [2.24, 2.45) is 0 Å². The molecule has 0 atom stereocenters. The summed E-state index contributed by atoms with van der Waals surface area (Å²) >= 11 is 15.2. The minimum absolute atomic E-state index is 0.400. The van der Waals surface area contributed by atoms with E-state index in [9.17, 15) is 4.79 Å². The molecule has 0 heterocycles. The smallest absolute Gasteiger partial charge is 0.323 e. The Labute approximate surface area is 140 Å². The molecule has 0 aliphatic carbocycles. The highest BCUT2D eigenvalue weighted by atomic mass is 79.9. The van der Waals surface area contributed by atoms with Crippen molar-refractivity contribution in [1.29, 1.82) is 0 Å². The first-order valence-electron chi connectivity index (χ1n) is 5.95. The van der Waals surface area contributed by atoms with Crippen molar-refractivity contribution >= 4 is 62.2 Å². The number of carbonyl (C=O) groups is 1. The van der Waals surface area contributed by atoms with Crippen molar-refractivity contribution in [3.05, 3.63) is 50.4 Å². The lowest BCUT2D eigenvalue weighted by Crippen LogP contribution is -2.20. The Morgan fingerprint density at radius 3 is 2.52 bits per heavy atom. The Kier molecular flexibility index (Phi) is 4.98. The van der Waals surface area contributed by atoms with E-state index in [4.69, 9.17) is 28.9 Å². The van der Waals surface area contributed by atoms with E-state index >= 15 is 0 Å². The van der Waals surface area contributed by atoms with Gasteiger partial charge in [0, 0.05) is 15.2 Å². The third-order valence-corrected chi connectivity index (χ3v) is 4.00. The molecule has 4 N–H and O–H groups in total. The summed E-state index contributed by atoms with van der Waals surface area (Å²) in [5.41, 5.74) is 8.34. The van der Waals surface area contributed by atoms with Crippen molar-refractivity contribution in [2.75, 3.05) is 16.4 Å². The fourth-order valence-electron chi connectivity index (χ4n) is 1.65. The van der Waals surface area contributed by atoms with Crippen LogP contribution in [0.2, 0.25) is 10.0 Å². The van der Waals surface area contributed by atoms with Gasteiger partial charge in [-0.2, -0.15) is 0 Å². The summed E-state index contributed by atoms with van der Waals surface area (Å²) in [6.07, 6.45) is 0. The molecule has 0 aromatic heterocycles. The molecule has 2 rings (SSSR count). The lowest BCUT2D eigenvalue weighted by Gasteiger charge is -2.12. The van der Waals surface area contributed by atoms with Crippen LogP contribution in [0.4, 0.5) is 21.9 Å². The number of hydrogen-bond acceptors (Lipinski definition) is 2. The number of aryl methyl sites for hydroxylation is 1. The maximum absolute atomic E-state index is 12.0. The molecule has 21 heavy (non-hydrogen) atoms. The predicted octanol–water partition coefficient (Wildman–Crippen LogP) is 5.29. The van der Waals surface area contributed by atoms with Crippen molar-refractivity contribution < 1.29 is 4.79 Å². The summed E-state index contributed by atoms with van der Waals surface area (Å²) in [5, 5.41) is 6.21. The number of nitrogens with two attached hydrogens (primary N) is 1. The van der Waals surface area contributed by atoms with Gasteiger partial charge < -0.3 is 16.4 Å². The molecule has 0 unspecified atom stereocenters. The van der Waals surface area contributed by atoms with Gasteiger partial charge in [-0.15, -0.1) is 0 Å². The summed E-state index contributed by atoms with van der Waals surface area (Å²) in [6.45, 7) is 1.88. The third kappa shape index (κ3) is 4.03. The van der Waals surface area contributed by atoms with Crippen molar-refractivity contribution in [1.82, 2.24) is 0 Å². The molecule has 4 nitrogen and oxygen atoms in total. The van der Waals surface area contributed by atoms with E-state index in [1.807, 2.05) is 13.0 Å². The Morgan fingerprint density at radius 2 is 1.81 bits per heavy atom. The second-order valence-corrected chi connectivity index (χ2v) is 6.09. The molecule has 2 aromatic carbocycles. The van der Waals surface area contributed by atoms with Gasteiger partial charge >= 0.3 is 6.03 Å². The molecule has 2 amide bonds. The van der Waals surface area contributed by atoms with Crippen molar-refractivity contribution in [3.63, 3.8) is 0 Å². The number of urea groups is 1. The lowest BCUT2D eigenvalue weighted by atomic mass is 10.2. The van der Waals surface area contributed by atoms with Crippen LogP contribution in [-0.4, -0.2) is 6.03 Å². The summed E-state index contributed by atoms with van der Waals surface area (Å²) in [5.74, 6) is 0. The van der Waals surface area contributed by atoms with Crippen LogP contribution in [0.5, 0.6) is 0 Å². The Bertz CT molecular complexity index is 707. The average Bonchev–Trinajstić information content (AvgIpc) is 2.40. The minimum Gasteiger partial charge on any atom is -0.398 e. The Hall–Kier alpha value is -1.43. The van der Waals surface area contributed by atoms with E-state index in [-0.39, 0.29) is 0 Å². The van der Waals surface area contributed by atoms with Crippen LogP contribution in [0.1, 0.15) is 5.56 Å². The molecule has 0 spiro atoms. The topological polar surface area (TPSA) is 67.2 Å². The Morgan fingerprint density at radius 1 is 1.14 bits per heavy atom. The minimum atomic E-state index is -0.442. The van der Waals surface area contributed by atoms with E-state index in [1.165, 1.54) is 0 Å². The summed E-state index contributed by atoms with van der Waals surface area (Å²) in [4.78, 5) is 12.0. The second-order valence-electron chi connectivity index (χ2n) is 4.39. The molecule has 0 saturated carbocycles. The molecular formula is C14H12BrCl2N3O. The van der Waals surface area contributed by atoms with Gasteiger partial charge in [0.2, 0.25) is 0 Å². The quantitative estimate of drug-likeness (QED) is 0.611. The fourth-order valence-corrected chi connectivity index (χ4v) is 2.55. The van der Waals surface area contributed by atoms with Crippen LogP contribution in [0.15, 0.2) is 34.8 Å². The van der Waals surface area contributed by atoms with Crippen molar-refractivity contribution in [3.8, 4) is 0 Å². The third-order valence-electron chi connectivity index (χ3n) is 2.78. The van der Waals surface area contributed by atoms with Gasteiger partial charge in [0.15, 0.2) is 0 Å². The van der Waals surface area contributed by atoms with Crippen LogP contribution in [-0.2, 0) is 0 Å². The number of benzene rings is 2. The number of amides is 2. The number of nitrogen functional groups attached to an aromatic ring is 1. The highest BCUT2D eigenvalue weighted by Crippen LogP contribution is 2.29. The van der Waals surface area contributed by atoms with E-state index in [1.54, 1.807) is 24.3 Å². The largest absolute Gasteiger partial charge is 0.398 e. The molecule has 0 fully saturated rings. The predicted molar refractivity (Wildman–Crippen MR) is 92.4 cm³/mol. The van der Waals surface area contributed by atoms with E-state index in [0.29, 0.717) is 27.1 Å². The van der Waals surface area contributed by atoms with Crippen LogP contribution >= 0.6 is 39.1 Å². The molecule has 7 heteroatoms. The van der Waals surface area contributed by atoms with Gasteiger partial charge in [-0.3, -0.25) is 0 Å². The number of anilines is 3. The van der Waals surface area contributed by atoms with Crippen LogP contribution in [0, 0.1) is 6.92 Å². The maximum atomic E-state index is 12.0. The number of carbonyl (C=O) groups excluding carboxylic acids is 1. The summed E-state index contributed by atoms with van der Waals surface area (Å²) < 4.78 is 0.738. The zero-order chi connectivity index (χ0) is 15.6. The van der Waals surface area contributed by atoms with E-state index in [2.05, 4.69) is 26.6 Å². The lowest BCUT2D eigenvalue weighted by molar-refractivity contribution is 0.262. The molecule has 0 saturated heterocycles. The molecule has 110 valence electrons. The molecular weight excluding hydrogens is 377 g/mol. The second kappa shape index (κ2) is 6.56. The molecule has 0 bridgehead atoms. The molecule has 2 aromatic rings. The van der Waals surface area contributed by atoms with Gasteiger partial charge in [0.1, 0.15) is 0 Å². The van der Waals surface area contributed by atoms with Gasteiger partial charge in [-0.25, -0.2) is 4.79 Å². The average molecular weight is 389 g/mol. The normalized spacial score (nSPS) is 10.3. The highest BCUT2D eigenvalue weighted by Gasteiger charge is 2.10. The first-order chi connectivity index (χ1) is 9.86. The SMILES string of the molecule is Cc1cc(Br)c(NC(=O)Nc2cc(Cl)ccc2Cl)cc1N. The first-order valence-corrected chi connectivity index (χ1v) is 7.50. The van der Waals surface area contributed by atoms with Gasteiger partial charge in [-0.05, 0) is 58.7 Å². The highest BCUT2D eigenvalue weighted by molar-refractivity contribution is 9.10. The van der Waals surface area contributed by atoms with Crippen LogP contribution < -0.4 is 16.4 Å². The van der Waals surface area contributed by atoms with Gasteiger partial charge in [0.05, 0.1) is 16.4 Å². The summed E-state index contributed by atoms with van der Waals surface area (Å²) in [6, 6.07) is 7.89. The molecule has 0 aliphatic heterocycles. The Balaban J connectivity index is 2.15. The van der Waals surface area contributed by atoms with Gasteiger partial charge in [0.25, 0.3) is 0 Å². The van der Waals surface area contributed by atoms with E-state index in [0.717, 1.165) is 10.0 Å². The number of rotatable bonds is 2. The fraction of sp³-hybridized carbons (Fsp3) is 0.0714. The standard InChI is InChI=1S/C14H12BrCl2N3O/c1-7-4-9(15)12(6-11(7)18)19-14(21)20-13-5-8(16)2-3-10(13)17/h2-6H,18H2,1H3,(H2,19,20,21). The zero-order valence-corrected chi connectivity index (χ0v) is 14.1. The number of nitrogens with one attached hydrogen (secondary N) is 2. The molecule has 0 radical (unpaired) electrons. The van der Waals surface area contributed by atoms with Crippen LogP contribution in [0.25, 0.3) is 0 Å². The maximum Gasteiger partial charge on any atom is 0.323 e. The van der Waals surface area contributed by atoms with Crippen molar-refractivity contribution in [2.45, 2.75) is 6.92 Å². The zero-order valence-electron chi connectivity index (χ0n) is 11.0. The van der Waals surface area contributed by atoms with E-state index < -0.39 is 6.03 Å². The monoisotopic (exact) mass is 387 g/mol. The first kappa shape index (κ1) is 15.9. The molecule has 0 aliphatic rings. The van der Waals surface area contributed by atoms with Gasteiger partial charge in [-0.1, -0.05) is 23.2 Å². The number of hydrogen-bond donors (Lipinski definition) is 3. The van der Waals surface area contributed by atoms with Crippen LogP contribution in [0.3, 0.4) is 0 Å².